The second-order valence-corrected chi connectivity index (χ2v) is 7.63. The number of aromatic nitrogens is 1. The van der Waals surface area contributed by atoms with Gasteiger partial charge in [0.1, 0.15) is 17.4 Å². The molecule has 7 nitrogen and oxygen atoms in total. The van der Waals surface area contributed by atoms with Gasteiger partial charge in [0.25, 0.3) is 0 Å². The summed E-state index contributed by atoms with van der Waals surface area (Å²) in [6, 6.07) is 14.3. The Morgan fingerprint density at radius 1 is 1.22 bits per heavy atom. The molecular formula is C25H21N3O4. The number of benzene rings is 2. The number of ketones is 1. The van der Waals surface area contributed by atoms with Crippen molar-refractivity contribution in [2.75, 3.05) is 6.61 Å². The van der Waals surface area contributed by atoms with Gasteiger partial charge in [0.05, 0.1) is 17.9 Å². The number of pyridine rings is 1. The summed E-state index contributed by atoms with van der Waals surface area (Å²) < 4.78 is 11.8. The number of fused-ring (bicyclic) bond motifs is 1. The van der Waals surface area contributed by atoms with Crippen LogP contribution < -0.4 is 15.2 Å². The molecule has 0 radical (unpaired) electrons. The molecule has 7 heteroatoms. The first-order valence-corrected chi connectivity index (χ1v) is 10.1. The molecule has 1 aromatic heterocycles. The Bertz CT molecular complexity index is 1270. The van der Waals surface area contributed by atoms with E-state index >= 15 is 0 Å². The number of ether oxygens (including phenoxy) is 2. The average molecular weight is 427 g/mol. The highest BCUT2D eigenvalue weighted by Crippen LogP contribution is 2.39. The van der Waals surface area contributed by atoms with Crippen molar-refractivity contribution in [2.24, 2.45) is 5.73 Å². The monoisotopic (exact) mass is 427 g/mol. The Morgan fingerprint density at radius 2 is 1.97 bits per heavy atom. The van der Waals surface area contributed by atoms with E-state index in [2.05, 4.69) is 11.1 Å². The fraction of sp³-hybridized carbons (Fsp3) is 0.200. The molecule has 32 heavy (non-hydrogen) atoms. The third-order valence-corrected chi connectivity index (χ3v) is 5.30. The van der Waals surface area contributed by atoms with Crippen molar-refractivity contribution in [1.82, 2.24) is 4.98 Å². The third kappa shape index (κ3) is 4.03. The topological polar surface area (TPSA) is 115 Å². The highest BCUT2D eigenvalue weighted by molar-refractivity contribution is 6.00. The molecule has 0 fully saturated rings. The molecule has 0 saturated carbocycles. The summed E-state index contributed by atoms with van der Waals surface area (Å²) in [7, 11) is 0. The molecule has 1 aliphatic rings. The van der Waals surface area contributed by atoms with Gasteiger partial charge < -0.3 is 15.2 Å². The molecule has 0 aliphatic carbocycles. The lowest BCUT2D eigenvalue weighted by atomic mass is 10.00. The van der Waals surface area contributed by atoms with E-state index in [4.69, 9.17) is 15.2 Å². The predicted molar refractivity (Wildman–Crippen MR) is 117 cm³/mol. The lowest BCUT2D eigenvalue weighted by molar-refractivity contribution is 0.0932. The number of nitriles is 1. The maximum absolute atomic E-state index is 12.2. The van der Waals surface area contributed by atoms with Gasteiger partial charge in [0, 0.05) is 29.7 Å². The molecule has 2 aromatic carbocycles. The molecule has 0 bridgehead atoms. The molecule has 2 heterocycles. The van der Waals surface area contributed by atoms with Crippen LogP contribution in [0, 0.1) is 25.2 Å². The van der Waals surface area contributed by atoms with Crippen LogP contribution in [-0.2, 0) is 6.42 Å². The van der Waals surface area contributed by atoms with E-state index in [9.17, 15) is 14.9 Å². The van der Waals surface area contributed by atoms with Gasteiger partial charge >= 0.3 is 0 Å². The highest BCUT2D eigenvalue weighted by Gasteiger charge is 2.25. The van der Waals surface area contributed by atoms with Gasteiger partial charge in [-0.3, -0.25) is 14.6 Å². The van der Waals surface area contributed by atoms with Crippen molar-refractivity contribution < 1.29 is 19.1 Å². The van der Waals surface area contributed by atoms with Crippen LogP contribution in [0.1, 0.15) is 55.2 Å². The van der Waals surface area contributed by atoms with Crippen LogP contribution in [-0.4, -0.2) is 23.3 Å². The van der Waals surface area contributed by atoms with E-state index < -0.39 is 5.91 Å². The maximum Gasteiger partial charge on any atom is 0.248 e. The SMILES string of the molecule is Cc1cc(Cc2ccc(C(N)=O)cc2)c(Oc2ccc3c(c2C#N)OCCC3=O)c(C)n1. The minimum Gasteiger partial charge on any atom is -0.491 e. The number of amides is 1. The van der Waals surface area contributed by atoms with Gasteiger partial charge in [-0.1, -0.05) is 12.1 Å². The lowest BCUT2D eigenvalue weighted by Crippen LogP contribution is -2.16. The first-order valence-electron chi connectivity index (χ1n) is 10.1. The van der Waals surface area contributed by atoms with Crippen LogP contribution in [0.25, 0.3) is 0 Å². The molecule has 0 atom stereocenters. The summed E-state index contributed by atoms with van der Waals surface area (Å²) in [5.74, 6) is 0.576. The zero-order chi connectivity index (χ0) is 22.8. The number of Topliss-reactive ketones (excluding diaryl/α,β-unsaturated/α-hetero) is 1. The van der Waals surface area contributed by atoms with Gasteiger partial charge in [-0.15, -0.1) is 0 Å². The second kappa shape index (κ2) is 8.52. The van der Waals surface area contributed by atoms with Crippen LogP contribution in [0.2, 0.25) is 0 Å². The lowest BCUT2D eigenvalue weighted by Gasteiger charge is -2.20. The van der Waals surface area contributed by atoms with Gasteiger partial charge in [-0.2, -0.15) is 5.26 Å². The van der Waals surface area contributed by atoms with Gasteiger partial charge in [-0.05, 0) is 49.7 Å². The van der Waals surface area contributed by atoms with Crippen LogP contribution in [0.3, 0.4) is 0 Å². The molecule has 1 amide bonds. The highest BCUT2D eigenvalue weighted by atomic mass is 16.5. The Morgan fingerprint density at radius 3 is 2.66 bits per heavy atom. The summed E-state index contributed by atoms with van der Waals surface area (Å²) in [6.45, 7) is 3.98. The Kier molecular flexibility index (Phi) is 5.61. The van der Waals surface area contributed by atoms with Crippen LogP contribution in [0.4, 0.5) is 0 Å². The second-order valence-electron chi connectivity index (χ2n) is 7.63. The molecule has 3 aromatic rings. The third-order valence-electron chi connectivity index (χ3n) is 5.30. The Labute approximate surface area is 185 Å². The number of nitrogens with two attached hydrogens (primary N) is 1. The van der Waals surface area contributed by atoms with E-state index in [0.717, 1.165) is 16.8 Å². The van der Waals surface area contributed by atoms with Crippen molar-refractivity contribution in [1.29, 1.82) is 5.26 Å². The quantitative estimate of drug-likeness (QED) is 0.658. The maximum atomic E-state index is 12.2. The number of nitrogens with zero attached hydrogens (tertiary/aromatic N) is 2. The number of carbonyl (C=O) groups is 2. The zero-order valence-electron chi connectivity index (χ0n) is 17.8. The molecule has 0 saturated heterocycles. The smallest absolute Gasteiger partial charge is 0.248 e. The van der Waals surface area contributed by atoms with Crippen molar-refractivity contribution in [3.8, 4) is 23.3 Å². The molecule has 0 spiro atoms. The first-order chi connectivity index (χ1) is 15.4. The van der Waals surface area contributed by atoms with Gasteiger partial charge in [0.2, 0.25) is 5.91 Å². The van der Waals surface area contributed by atoms with E-state index in [1.54, 1.807) is 24.3 Å². The number of rotatable bonds is 5. The van der Waals surface area contributed by atoms with Gasteiger partial charge in [0.15, 0.2) is 17.3 Å². The fourth-order valence-corrected chi connectivity index (χ4v) is 3.79. The molecule has 160 valence electrons. The zero-order valence-corrected chi connectivity index (χ0v) is 17.8. The standard InChI is InChI=1S/C25H21N3O4/c1-14-11-18(12-16-3-5-17(6-4-16)25(27)30)23(15(2)28-14)32-22-8-7-19-21(29)9-10-31-24(19)20(22)13-26/h3-8,11H,9-10,12H2,1-2H3,(H2,27,30). The molecular weight excluding hydrogens is 406 g/mol. The van der Waals surface area contributed by atoms with E-state index in [1.807, 2.05) is 32.0 Å². The van der Waals surface area contributed by atoms with Crippen LogP contribution in [0.15, 0.2) is 42.5 Å². The van der Waals surface area contributed by atoms with Gasteiger partial charge in [-0.25, -0.2) is 0 Å². The number of primary amides is 1. The number of carbonyl (C=O) groups excluding carboxylic acids is 2. The number of hydrogen-bond donors (Lipinski definition) is 1. The van der Waals surface area contributed by atoms with Crippen molar-refractivity contribution in [3.05, 3.63) is 81.7 Å². The van der Waals surface area contributed by atoms with Crippen molar-refractivity contribution >= 4 is 11.7 Å². The summed E-state index contributed by atoms with van der Waals surface area (Å²) in [4.78, 5) is 28.0. The molecule has 4 rings (SSSR count). The van der Waals surface area contributed by atoms with Crippen molar-refractivity contribution in [3.63, 3.8) is 0 Å². The van der Waals surface area contributed by atoms with Crippen LogP contribution in [0.5, 0.6) is 17.2 Å². The Balaban J connectivity index is 1.73. The number of hydrogen-bond acceptors (Lipinski definition) is 6. The van der Waals surface area contributed by atoms with E-state index in [-0.39, 0.29) is 30.1 Å². The average Bonchev–Trinajstić information content (AvgIpc) is 2.76. The summed E-state index contributed by atoms with van der Waals surface area (Å²) in [5, 5.41) is 9.75. The van der Waals surface area contributed by atoms with Crippen LogP contribution >= 0.6 is 0 Å². The van der Waals surface area contributed by atoms with Crippen molar-refractivity contribution in [2.45, 2.75) is 26.7 Å². The molecule has 2 N–H and O–H groups in total. The minimum atomic E-state index is -0.478. The predicted octanol–water partition coefficient (Wildman–Crippen LogP) is 4.02. The molecule has 0 unspecified atom stereocenters. The first kappa shape index (κ1) is 21.1. The van der Waals surface area contributed by atoms with E-state index in [0.29, 0.717) is 34.7 Å². The Hall–Kier alpha value is -4.18. The summed E-state index contributed by atoms with van der Waals surface area (Å²) in [5.41, 5.74) is 9.69. The number of aryl methyl sites for hydroxylation is 2. The summed E-state index contributed by atoms with van der Waals surface area (Å²) in [6.07, 6.45) is 0.818. The fourth-order valence-electron chi connectivity index (χ4n) is 3.79. The normalized spacial score (nSPS) is 12.5. The minimum absolute atomic E-state index is 0.0532. The largest absolute Gasteiger partial charge is 0.491 e. The molecule has 1 aliphatic heterocycles. The van der Waals surface area contributed by atoms with E-state index in [1.165, 1.54) is 0 Å². The summed E-state index contributed by atoms with van der Waals surface area (Å²) >= 11 is 0.